The molecule has 1 fully saturated rings. The van der Waals surface area contributed by atoms with Crippen molar-refractivity contribution >= 4 is 23.5 Å². The van der Waals surface area contributed by atoms with Gasteiger partial charge in [0, 0.05) is 30.1 Å². The summed E-state index contributed by atoms with van der Waals surface area (Å²) in [5.74, 6) is 1.55. The molecule has 0 aliphatic carbocycles. The third-order valence-electron chi connectivity index (χ3n) is 2.79. The lowest BCUT2D eigenvalue weighted by Gasteiger charge is -2.38. The minimum Gasteiger partial charge on any atom is -0.354 e. The summed E-state index contributed by atoms with van der Waals surface area (Å²) >= 11 is 1.92. The number of nitrogens with zero attached hydrogens (tertiary/aromatic N) is 3. The number of thioether (sulfide) groups is 1. The molecule has 0 bridgehead atoms. The Hall–Kier alpha value is -1.04. The maximum absolute atomic E-state index is 13.8. The smallest absolute Gasteiger partial charge is 0.224 e. The number of hydrogen-bond donors (Lipinski definition) is 1. The molecule has 1 aromatic rings. The van der Waals surface area contributed by atoms with Crippen molar-refractivity contribution in [1.29, 1.82) is 0 Å². The minimum absolute atomic E-state index is 0.133. The second-order valence-electron chi connectivity index (χ2n) is 4.93. The minimum atomic E-state index is -0.348. The molecule has 2 heterocycles. The summed E-state index contributed by atoms with van der Waals surface area (Å²) in [4.78, 5) is 10.2. The van der Waals surface area contributed by atoms with Gasteiger partial charge in [0.05, 0.1) is 6.20 Å². The van der Waals surface area contributed by atoms with Gasteiger partial charge in [0.1, 0.15) is 0 Å². The highest BCUT2D eigenvalue weighted by atomic mass is 32.2. The van der Waals surface area contributed by atoms with Crippen molar-refractivity contribution in [3.05, 3.63) is 12.0 Å². The number of hydrogen-bond acceptors (Lipinski definition) is 5. The Bertz CT molecular complexity index is 425. The standard InChI is InChI=1S/C12H19FN4S/c1-4-14-11-15-7-9(13)10(16-11)17-5-6-18-12(2,3)8-17/h7H,4-6,8H2,1-3H3,(H,14,15,16). The van der Waals surface area contributed by atoms with Crippen LogP contribution in [0.15, 0.2) is 6.20 Å². The summed E-state index contributed by atoms with van der Waals surface area (Å²) in [6, 6.07) is 0. The fourth-order valence-corrected chi connectivity index (χ4v) is 3.13. The summed E-state index contributed by atoms with van der Waals surface area (Å²) in [6.45, 7) is 8.67. The third kappa shape index (κ3) is 3.04. The van der Waals surface area contributed by atoms with Crippen molar-refractivity contribution in [2.45, 2.75) is 25.5 Å². The van der Waals surface area contributed by atoms with Gasteiger partial charge in [-0.1, -0.05) is 0 Å². The largest absolute Gasteiger partial charge is 0.354 e. The summed E-state index contributed by atoms with van der Waals surface area (Å²) in [5.41, 5.74) is 0. The van der Waals surface area contributed by atoms with Gasteiger partial charge in [-0.3, -0.25) is 0 Å². The van der Waals surface area contributed by atoms with E-state index in [-0.39, 0.29) is 10.6 Å². The maximum Gasteiger partial charge on any atom is 0.224 e. The maximum atomic E-state index is 13.8. The first-order valence-electron chi connectivity index (χ1n) is 6.17. The van der Waals surface area contributed by atoms with E-state index in [0.717, 1.165) is 25.4 Å². The summed E-state index contributed by atoms with van der Waals surface area (Å²) in [6.07, 6.45) is 1.25. The van der Waals surface area contributed by atoms with Crippen LogP contribution in [0.2, 0.25) is 0 Å². The molecule has 0 amide bonds. The van der Waals surface area contributed by atoms with Crippen LogP contribution < -0.4 is 10.2 Å². The summed E-state index contributed by atoms with van der Waals surface area (Å²) in [5, 5.41) is 3.01. The third-order valence-corrected chi connectivity index (χ3v) is 4.08. The number of rotatable bonds is 3. The Kier molecular flexibility index (Phi) is 3.94. The molecular weight excluding hydrogens is 251 g/mol. The van der Waals surface area contributed by atoms with Gasteiger partial charge >= 0.3 is 0 Å². The average Bonchev–Trinajstić information content (AvgIpc) is 2.30. The van der Waals surface area contributed by atoms with Gasteiger partial charge in [-0.2, -0.15) is 16.7 Å². The quantitative estimate of drug-likeness (QED) is 0.913. The van der Waals surface area contributed by atoms with Crippen molar-refractivity contribution in [2.24, 2.45) is 0 Å². The van der Waals surface area contributed by atoms with Crippen LogP contribution in [0.1, 0.15) is 20.8 Å². The fourth-order valence-electron chi connectivity index (χ4n) is 2.02. The van der Waals surface area contributed by atoms with Gasteiger partial charge < -0.3 is 10.2 Å². The first kappa shape index (κ1) is 13.4. The van der Waals surface area contributed by atoms with Gasteiger partial charge in [-0.05, 0) is 20.8 Å². The van der Waals surface area contributed by atoms with E-state index in [1.165, 1.54) is 6.20 Å². The Balaban J connectivity index is 2.23. The average molecular weight is 270 g/mol. The normalized spacial score (nSPS) is 18.8. The summed E-state index contributed by atoms with van der Waals surface area (Å²) < 4.78 is 14.0. The molecule has 0 unspecified atom stereocenters. The van der Waals surface area contributed by atoms with E-state index < -0.39 is 0 Å². The number of aromatic nitrogens is 2. The molecule has 1 aliphatic rings. The molecule has 100 valence electrons. The van der Waals surface area contributed by atoms with E-state index in [9.17, 15) is 4.39 Å². The lowest BCUT2D eigenvalue weighted by Crippen LogP contribution is -2.44. The lowest BCUT2D eigenvalue weighted by molar-refractivity contribution is 0.583. The molecule has 1 aromatic heterocycles. The molecule has 0 atom stereocenters. The first-order chi connectivity index (χ1) is 8.52. The predicted octanol–water partition coefficient (Wildman–Crippen LogP) is 2.38. The molecule has 0 aromatic carbocycles. The molecule has 1 N–H and O–H groups in total. The van der Waals surface area contributed by atoms with Crippen molar-refractivity contribution in [1.82, 2.24) is 9.97 Å². The predicted molar refractivity (Wildman–Crippen MR) is 74.9 cm³/mol. The van der Waals surface area contributed by atoms with E-state index in [0.29, 0.717) is 11.8 Å². The number of anilines is 2. The Morgan fingerprint density at radius 1 is 1.56 bits per heavy atom. The van der Waals surface area contributed by atoms with Crippen molar-refractivity contribution < 1.29 is 4.39 Å². The van der Waals surface area contributed by atoms with Crippen LogP contribution in [0, 0.1) is 5.82 Å². The van der Waals surface area contributed by atoms with Gasteiger partial charge in [0.2, 0.25) is 5.95 Å². The molecule has 0 spiro atoms. The van der Waals surface area contributed by atoms with Gasteiger partial charge in [-0.15, -0.1) is 0 Å². The molecule has 1 aliphatic heterocycles. The monoisotopic (exact) mass is 270 g/mol. The van der Waals surface area contributed by atoms with Crippen LogP contribution in [0.5, 0.6) is 0 Å². The molecule has 2 rings (SSSR count). The zero-order chi connectivity index (χ0) is 13.2. The first-order valence-corrected chi connectivity index (χ1v) is 7.16. The fraction of sp³-hybridized carbons (Fsp3) is 0.667. The number of nitrogens with one attached hydrogen (secondary N) is 1. The van der Waals surface area contributed by atoms with Crippen LogP contribution in [-0.4, -0.2) is 40.1 Å². The van der Waals surface area contributed by atoms with Crippen LogP contribution in [0.3, 0.4) is 0 Å². The highest BCUT2D eigenvalue weighted by Crippen LogP contribution is 2.32. The molecule has 1 saturated heterocycles. The van der Waals surface area contributed by atoms with Gasteiger partial charge in [-0.25, -0.2) is 9.37 Å². The Morgan fingerprint density at radius 3 is 3.00 bits per heavy atom. The van der Waals surface area contributed by atoms with E-state index >= 15 is 0 Å². The molecule has 6 heteroatoms. The highest BCUT2D eigenvalue weighted by molar-refractivity contribution is 8.00. The number of halogens is 1. The zero-order valence-corrected chi connectivity index (χ0v) is 11.9. The Morgan fingerprint density at radius 2 is 2.33 bits per heavy atom. The molecule has 0 saturated carbocycles. The van der Waals surface area contributed by atoms with Crippen LogP contribution in [0.25, 0.3) is 0 Å². The second kappa shape index (κ2) is 5.30. The topological polar surface area (TPSA) is 41.1 Å². The van der Waals surface area contributed by atoms with E-state index in [1.807, 2.05) is 23.6 Å². The van der Waals surface area contributed by atoms with Gasteiger partial charge in [0.25, 0.3) is 0 Å². The van der Waals surface area contributed by atoms with Crippen molar-refractivity contribution in [3.63, 3.8) is 0 Å². The van der Waals surface area contributed by atoms with E-state index in [2.05, 4.69) is 29.1 Å². The lowest BCUT2D eigenvalue weighted by atomic mass is 10.2. The molecule has 18 heavy (non-hydrogen) atoms. The second-order valence-corrected chi connectivity index (χ2v) is 6.73. The molecule has 4 nitrogen and oxygen atoms in total. The van der Waals surface area contributed by atoms with Crippen molar-refractivity contribution in [3.8, 4) is 0 Å². The van der Waals surface area contributed by atoms with E-state index in [4.69, 9.17) is 0 Å². The van der Waals surface area contributed by atoms with Crippen LogP contribution >= 0.6 is 11.8 Å². The Labute approximate surface area is 111 Å². The SMILES string of the molecule is CCNc1ncc(F)c(N2CCSC(C)(C)C2)n1. The van der Waals surface area contributed by atoms with E-state index in [1.54, 1.807) is 0 Å². The zero-order valence-electron chi connectivity index (χ0n) is 11.0. The van der Waals surface area contributed by atoms with Gasteiger partial charge in [0.15, 0.2) is 11.6 Å². The van der Waals surface area contributed by atoms with Crippen molar-refractivity contribution in [2.75, 3.05) is 35.6 Å². The van der Waals surface area contributed by atoms with Crippen LogP contribution in [0.4, 0.5) is 16.2 Å². The van der Waals surface area contributed by atoms with Crippen LogP contribution in [-0.2, 0) is 0 Å². The molecular formula is C12H19FN4S. The molecule has 0 radical (unpaired) electrons. The highest BCUT2D eigenvalue weighted by Gasteiger charge is 2.29. The summed E-state index contributed by atoms with van der Waals surface area (Å²) in [7, 11) is 0.